The van der Waals surface area contributed by atoms with Crippen molar-refractivity contribution >= 4 is 38.5 Å². The van der Waals surface area contributed by atoms with E-state index in [1.54, 1.807) is 0 Å². The van der Waals surface area contributed by atoms with Crippen molar-refractivity contribution in [2.45, 2.75) is 17.7 Å². The molecule has 0 aliphatic heterocycles. The fourth-order valence-corrected chi connectivity index (χ4v) is 3.68. The minimum Gasteiger partial charge on any atom is -0.301 e. The van der Waals surface area contributed by atoms with Crippen LogP contribution < -0.4 is 10.0 Å². The van der Waals surface area contributed by atoms with Gasteiger partial charge in [-0.1, -0.05) is 53.8 Å². The van der Waals surface area contributed by atoms with E-state index in [9.17, 15) is 13.2 Å². The van der Waals surface area contributed by atoms with E-state index in [0.29, 0.717) is 6.42 Å². The van der Waals surface area contributed by atoms with E-state index in [2.05, 4.69) is 20.2 Å². The topological polar surface area (TPSA) is 101 Å². The predicted octanol–water partition coefficient (Wildman–Crippen LogP) is 1.88. The lowest BCUT2D eigenvalue weighted by Crippen LogP contribution is -2.24. The highest BCUT2D eigenvalue weighted by molar-refractivity contribution is 7.91. The molecule has 0 atom stereocenters. The van der Waals surface area contributed by atoms with Gasteiger partial charge in [-0.25, -0.2) is 13.1 Å². The molecule has 0 aliphatic rings. The molecule has 1 aromatic carbocycles. The number of carbonyl (C=O) groups excluding carboxylic acids is 1. The molecule has 7 nitrogen and oxygen atoms in total. The van der Waals surface area contributed by atoms with Gasteiger partial charge in [0.05, 0.1) is 0 Å². The maximum Gasteiger partial charge on any atom is 0.269 e. The van der Waals surface area contributed by atoms with Crippen LogP contribution in [-0.4, -0.2) is 31.1 Å². The van der Waals surface area contributed by atoms with Crippen LogP contribution in [0.25, 0.3) is 6.08 Å². The fourth-order valence-electron chi connectivity index (χ4n) is 1.64. The zero-order valence-corrected chi connectivity index (χ0v) is 14.0. The van der Waals surface area contributed by atoms with Gasteiger partial charge in [0.25, 0.3) is 10.0 Å². The quantitative estimate of drug-likeness (QED) is 0.585. The van der Waals surface area contributed by atoms with E-state index < -0.39 is 10.0 Å². The van der Waals surface area contributed by atoms with E-state index in [-0.39, 0.29) is 21.9 Å². The molecule has 0 saturated heterocycles. The number of sulfonamides is 1. The molecule has 0 radical (unpaired) electrons. The van der Waals surface area contributed by atoms with Crippen LogP contribution in [-0.2, 0) is 14.8 Å². The highest BCUT2D eigenvalue weighted by Crippen LogP contribution is 2.19. The normalized spacial score (nSPS) is 11.7. The maximum absolute atomic E-state index is 12.0. The summed E-state index contributed by atoms with van der Waals surface area (Å²) in [7, 11) is -3.71. The Morgan fingerprint density at radius 2 is 2.00 bits per heavy atom. The van der Waals surface area contributed by atoms with Crippen LogP contribution in [0.4, 0.5) is 5.13 Å². The second-order valence-electron chi connectivity index (χ2n) is 4.55. The molecule has 2 rings (SSSR count). The Hall–Kier alpha value is -2.10. The summed E-state index contributed by atoms with van der Waals surface area (Å²) in [6.45, 7) is 1.56. The third-order valence-corrected chi connectivity index (χ3v) is 5.30. The van der Waals surface area contributed by atoms with Crippen molar-refractivity contribution in [3.63, 3.8) is 0 Å². The lowest BCUT2D eigenvalue weighted by atomic mass is 10.2. The molecule has 0 spiro atoms. The number of nitrogens with zero attached hydrogens (tertiary/aromatic N) is 2. The summed E-state index contributed by atoms with van der Waals surface area (Å²) < 4.78 is 26.3. The summed E-state index contributed by atoms with van der Waals surface area (Å²) in [6, 6.07) is 9.73. The van der Waals surface area contributed by atoms with Gasteiger partial charge in [-0.05, 0) is 12.0 Å². The van der Waals surface area contributed by atoms with Gasteiger partial charge in [0, 0.05) is 13.5 Å². The van der Waals surface area contributed by atoms with Crippen LogP contribution in [0.5, 0.6) is 0 Å². The monoisotopic (exact) mass is 352 g/mol. The van der Waals surface area contributed by atoms with E-state index in [1.807, 2.05) is 42.5 Å². The van der Waals surface area contributed by atoms with E-state index >= 15 is 0 Å². The Kier molecular flexibility index (Phi) is 5.97. The Labute approximate surface area is 138 Å². The van der Waals surface area contributed by atoms with Crippen molar-refractivity contribution in [3.05, 3.63) is 42.0 Å². The lowest BCUT2D eigenvalue weighted by molar-refractivity contribution is -0.114. The van der Waals surface area contributed by atoms with E-state index in [1.165, 1.54) is 6.92 Å². The predicted molar refractivity (Wildman–Crippen MR) is 89.5 cm³/mol. The van der Waals surface area contributed by atoms with Gasteiger partial charge in [0.1, 0.15) is 0 Å². The number of aromatic nitrogens is 2. The van der Waals surface area contributed by atoms with Gasteiger partial charge < -0.3 is 5.32 Å². The molecule has 1 heterocycles. The largest absolute Gasteiger partial charge is 0.301 e. The highest BCUT2D eigenvalue weighted by Gasteiger charge is 2.19. The van der Waals surface area contributed by atoms with Gasteiger partial charge in [0.2, 0.25) is 15.4 Å². The summed E-state index contributed by atoms with van der Waals surface area (Å²) in [5.41, 5.74) is 1.06. The molecule has 1 amide bonds. The Morgan fingerprint density at radius 1 is 1.26 bits per heavy atom. The average Bonchev–Trinajstić information content (AvgIpc) is 2.96. The van der Waals surface area contributed by atoms with Crippen molar-refractivity contribution in [2.75, 3.05) is 11.9 Å². The lowest BCUT2D eigenvalue weighted by Gasteiger charge is -2.00. The summed E-state index contributed by atoms with van der Waals surface area (Å²) in [5.74, 6) is -0.330. The van der Waals surface area contributed by atoms with Crippen LogP contribution in [0.1, 0.15) is 18.9 Å². The Balaban J connectivity index is 1.85. The molecule has 0 bridgehead atoms. The summed E-state index contributed by atoms with van der Waals surface area (Å²) >= 11 is 0.806. The molecule has 0 fully saturated rings. The van der Waals surface area contributed by atoms with E-state index in [4.69, 9.17) is 0 Å². The number of benzene rings is 1. The van der Waals surface area contributed by atoms with Crippen molar-refractivity contribution < 1.29 is 13.2 Å². The van der Waals surface area contributed by atoms with E-state index in [0.717, 1.165) is 16.9 Å². The number of carbonyl (C=O) groups is 1. The Morgan fingerprint density at radius 3 is 2.70 bits per heavy atom. The molecular formula is C14H16N4O3S2. The highest BCUT2D eigenvalue weighted by atomic mass is 32.2. The van der Waals surface area contributed by atoms with Crippen molar-refractivity contribution in [2.24, 2.45) is 0 Å². The maximum atomic E-state index is 12.0. The third-order valence-electron chi connectivity index (χ3n) is 2.63. The molecule has 1 aromatic heterocycles. The number of amides is 1. The van der Waals surface area contributed by atoms with Crippen LogP contribution in [0.2, 0.25) is 0 Å². The first-order chi connectivity index (χ1) is 11.0. The minimum absolute atomic E-state index is 0.154. The number of nitrogens with one attached hydrogen (secondary N) is 2. The van der Waals surface area contributed by atoms with Gasteiger partial charge in [-0.2, -0.15) is 0 Å². The van der Waals surface area contributed by atoms with Gasteiger partial charge in [0.15, 0.2) is 0 Å². The first kappa shape index (κ1) is 17.3. The Bertz CT molecular complexity index is 785. The molecule has 23 heavy (non-hydrogen) atoms. The molecule has 2 N–H and O–H groups in total. The average molecular weight is 352 g/mol. The first-order valence-electron chi connectivity index (χ1n) is 6.80. The van der Waals surface area contributed by atoms with Crippen molar-refractivity contribution in [3.8, 4) is 0 Å². The molecule has 0 unspecified atom stereocenters. The van der Waals surface area contributed by atoms with Gasteiger partial charge in [-0.3, -0.25) is 4.79 Å². The standard InChI is InChI=1S/C14H16N4O3S2/c1-11(19)16-13-17-18-14(22-13)23(20,21)15-10-6-5-9-12-7-3-2-4-8-12/h2-5,7-9,15H,6,10H2,1H3,(H,16,17,19)/b9-5+. The molecular weight excluding hydrogens is 336 g/mol. The summed E-state index contributed by atoms with van der Waals surface area (Å²) in [5, 5.41) is 9.73. The van der Waals surface area contributed by atoms with Crippen molar-refractivity contribution in [1.82, 2.24) is 14.9 Å². The van der Waals surface area contributed by atoms with Crippen LogP contribution >= 0.6 is 11.3 Å². The fraction of sp³-hybridized carbons (Fsp3) is 0.214. The zero-order chi connectivity index (χ0) is 16.7. The number of rotatable bonds is 7. The SMILES string of the molecule is CC(=O)Nc1nnc(S(=O)(=O)NCC/C=C/c2ccccc2)s1. The zero-order valence-electron chi connectivity index (χ0n) is 12.4. The first-order valence-corrected chi connectivity index (χ1v) is 9.10. The molecule has 0 aliphatic carbocycles. The number of hydrogen-bond donors (Lipinski definition) is 2. The molecule has 122 valence electrons. The second-order valence-corrected chi connectivity index (χ2v) is 7.47. The van der Waals surface area contributed by atoms with Gasteiger partial charge >= 0.3 is 0 Å². The molecule has 2 aromatic rings. The van der Waals surface area contributed by atoms with Crippen molar-refractivity contribution in [1.29, 1.82) is 0 Å². The molecule has 9 heteroatoms. The van der Waals surface area contributed by atoms with Crippen LogP contribution in [0.15, 0.2) is 40.7 Å². The number of anilines is 1. The smallest absolute Gasteiger partial charge is 0.269 e. The summed E-state index contributed by atoms with van der Waals surface area (Å²) in [6.07, 6.45) is 4.36. The summed E-state index contributed by atoms with van der Waals surface area (Å²) in [4.78, 5) is 10.9. The van der Waals surface area contributed by atoms with Crippen LogP contribution in [0, 0.1) is 0 Å². The molecule has 0 saturated carbocycles. The third kappa shape index (κ3) is 5.55. The van der Waals surface area contributed by atoms with Gasteiger partial charge in [-0.15, -0.1) is 10.2 Å². The minimum atomic E-state index is -3.71. The van der Waals surface area contributed by atoms with Crippen LogP contribution in [0.3, 0.4) is 0 Å². The second kappa shape index (κ2) is 7.95. The number of hydrogen-bond acceptors (Lipinski definition) is 6.